The fourth-order valence-corrected chi connectivity index (χ4v) is 2.81. The number of alkyl halides is 3. The first kappa shape index (κ1) is 22.2. The van der Waals surface area contributed by atoms with Crippen LogP contribution < -0.4 is 15.8 Å². The zero-order valence-corrected chi connectivity index (χ0v) is 16.5. The zero-order valence-electron chi connectivity index (χ0n) is 16.5. The van der Waals surface area contributed by atoms with E-state index in [1.54, 1.807) is 24.3 Å². The molecule has 1 amide bonds. The molecule has 0 bridgehead atoms. The molecule has 0 unspecified atom stereocenters. The average molecular weight is 440 g/mol. The molecule has 0 aliphatic carbocycles. The second kappa shape index (κ2) is 9.13. The Bertz CT molecular complexity index is 1270. The summed E-state index contributed by atoms with van der Waals surface area (Å²) in [4.78, 5) is 24.1. The van der Waals surface area contributed by atoms with Crippen molar-refractivity contribution in [2.45, 2.75) is 6.18 Å². The normalized spacial score (nSPS) is 12.3. The Morgan fingerprint density at radius 2 is 2.03 bits per heavy atom. The predicted molar refractivity (Wildman–Crippen MR) is 111 cm³/mol. The smallest absolute Gasteiger partial charge is 0.434 e. The standard InChI is InChI=1S/C21H15F3N6O2/c1-32-20-13(7-25)6-14(10-28-20)29-19(31)16(8-26)18(21(22,23)24)30-17-11-27-9-12-4-2-3-5-15(12)17/h2-6,8-11H,26H2,1H3,(H,29,31). The number of nitriles is 1. The van der Waals surface area contributed by atoms with E-state index < -0.39 is 23.4 Å². The molecule has 0 aliphatic heterocycles. The third-order valence-corrected chi connectivity index (χ3v) is 4.24. The Hall–Kier alpha value is -4.46. The first-order chi connectivity index (χ1) is 15.3. The molecule has 11 heteroatoms. The molecule has 2 heterocycles. The van der Waals surface area contributed by atoms with Gasteiger partial charge in [-0.15, -0.1) is 0 Å². The van der Waals surface area contributed by atoms with Crippen molar-refractivity contribution in [1.82, 2.24) is 9.97 Å². The van der Waals surface area contributed by atoms with Gasteiger partial charge in [0.1, 0.15) is 11.6 Å². The minimum absolute atomic E-state index is 0.00101. The monoisotopic (exact) mass is 440 g/mol. The maximum atomic E-state index is 13.9. The Labute approximate surface area is 179 Å². The maximum Gasteiger partial charge on any atom is 0.434 e. The number of ether oxygens (including phenoxy) is 1. The predicted octanol–water partition coefficient (Wildman–Crippen LogP) is 3.63. The van der Waals surface area contributed by atoms with Gasteiger partial charge in [-0.1, -0.05) is 24.3 Å². The summed E-state index contributed by atoms with van der Waals surface area (Å²) in [5.41, 5.74) is 2.84. The van der Waals surface area contributed by atoms with Gasteiger partial charge >= 0.3 is 6.18 Å². The molecule has 0 aliphatic rings. The van der Waals surface area contributed by atoms with E-state index in [0.29, 0.717) is 17.0 Å². The number of hydrogen-bond acceptors (Lipinski definition) is 7. The number of methoxy groups -OCH3 is 1. The summed E-state index contributed by atoms with van der Waals surface area (Å²) in [5.74, 6) is -1.19. The highest BCUT2D eigenvalue weighted by atomic mass is 19.4. The van der Waals surface area contributed by atoms with Crippen molar-refractivity contribution in [3.8, 4) is 11.9 Å². The number of fused-ring (bicyclic) bond motifs is 1. The third-order valence-electron chi connectivity index (χ3n) is 4.24. The summed E-state index contributed by atoms with van der Waals surface area (Å²) in [6.07, 6.45) is -0.716. The lowest BCUT2D eigenvalue weighted by atomic mass is 10.1. The SMILES string of the molecule is COc1ncc(NC(=O)C(=CN)C(=Nc2cncc3ccccc23)C(F)(F)F)cc1C#N. The zero-order chi connectivity index (χ0) is 23.3. The number of halogens is 3. The second-order valence-corrected chi connectivity index (χ2v) is 6.27. The van der Waals surface area contributed by atoms with Gasteiger partial charge in [0.25, 0.3) is 5.91 Å². The first-order valence-corrected chi connectivity index (χ1v) is 8.95. The van der Waals surface area contributed by atoms with Crippen molar-refractivity contribution in [1.29, 1.82) is 5.26 Å². The van der Waals surface area contributed by atoms with Crippen LogP contribution in [-0.4, -0.2) is 34.9 Å². The van der Waals surface area contributed by atoms with Crippen LogP contribution in [0, 0.1) is 11.3 Å². The highest BCUT2D eigenvalue weighted by Crippen LogP contribution is 2.30. The van der Waals surface area contributed by atoms with Crippen molar-refractivity contribution < 1.29 is 22.7 Å². The molecule has 3 N–H and O–H groups in total. The molecule has 8 nitrogen and oxygen atoms in total. The van der Waals surface area contributed by atoms with Crippen LogP contribution in [0.5, 0.6) is 5.88 Å². The topological polar surface area (TPSA) is 126 Å². The minimum Gasteiger partial charge on any atom is -0.480 e. The van der Waals surface area contributed by atoms with E-state index >= 15 is 0 Å². The summed E-state index contributed by atoms with van der Waals surface area (Å²) in [7, 11) is 1.30. The second-order valence-electron chi connectivity index (χ2n) is 6.27. The molecule has 0 saturated heterocycles. The number of amides is 1. The largest absolute Gasteiger partial charge is 0.480 e. The molecule has 0 atom stereocenters. The van der Waals surface area contributed by atoms with E-state index in [1.165, 1.54) is 19.4 Å². The summed E-state index contributed by atoms with van der Waals surface area (Å²) in [6, 6.07) is 9.62. The van der Waals surface area contributed by atoms with Crippen molar-refractivity contribution in [2.24, 2.45) is 10.7 Å². The van der Waals surface area contributed by atoms with Crippen LogP contribution in [0.1, 0.15) is 5.56 Å². The van der Waals surface area contributed by atoms with Crippen LogP contribution in [0.15, 0.2) is 65.7 Å². The van der Waals surface area contributed by atoms with E-state index in [2.05, 4.69) is 20.3 Å². The number of aromatic nitrogens is 2. The number of nitrogens with one attached hydrogen (secondary N) is 1. The van der Waals surface area contributed by atoms with Gasteiger partial charge in [-0.25, -0.2) is 9.98 Å². The number of carbonyl (C=O) groups excluding carboxylic acids is 1. The average Bonchev–Trinajstić information content (AvgIpc) is 2.78. The molecular weight excluding hydrogens is 425 g/mol. The van der Waals surface area contributed by atoms with E-state index in [1.807, 2.05) is 6.07 Å². The van der Waals surface area contributed by atoms with E-state index in [0.717, 1.165) is 12.4 Å². The van der Waals surface area contributed by atoms with E-state index in [-0.39, 0.29) is 22.8 Å². The van der Waals surface area contributed by atoms with Gasteiger partial charge < -0.3 is 15.8 Å². The Morgan fingerprint density at radius 3 is 2.69 bits per heavy atom. The van der Waals surface area contributed by atoms with Crippen LogP contribution in [-0.2, 0) is 4.79 Å². The number of rotatable bonds is 5. The molecule has 1 aromatic carbocycles. The minimum atomic E-state index is -5.00. The molecule has 162 valence electrons. The van der Waals surface area contributed by atoms with Gasteiger partial charge in [0.15, 0.2) is 5.71 Å². The summed E-state index contributed by atoms with van der Waals surface area (Å²) < 4.78 is 46.5. The van der Waals surface area contributed by atoms with Crippen molar-refractivity contribution in [3.63, 3.8) is 0 Å². The van der Waals surface area contributed by atoms with Crippen LogP contribution in [0.4, 0.5) is 24.5 Å². The lowest BCUT2D eigenvalue weighted by Crippen LogP contribution is -2.32. The molecule has 2 aromatic heterocycles. The molecule has 0 saturated carbocycles. The number of aliphatic imine (C=N–C) groups is 1. The molecule has 0 fully saturated rings. The molecule has 3 rings (SSSR count). The fraction of sp³-hybridized carbons (Fsp3) is 0.0952. The van der Waals surface area contributed by atoms with Crippen LogP contribution in [0.3, 0.4) is 0 Å². The number of nitrogens with zero attached hydrogens (tertiary/aromatic N) is 4. The molecule has 0 radical (unpaired) electrons. The number of nitrogens with two attached hydrogens (primary N) is 1. The molecule has 3 aromatic rings. The molecule has 0 spiro atoms. The lowest BCUT2D eigenvalue weighted by Gasteiger charge is -2.15. The number of anilines is 1. The van der Waals surface area contributed by atoms with Gasteiger partial charge in [0.05, 0.1) is 36.5 Å². The first-order valence-electron chi connectivity index (χ1n) is 8.95. The summed E-state index contributed by atoms with van der Waals surface area (Å²) in [6.45, 7) is 0. The van der Waals surface area contributed by atoms with E-state index in [4.69, 9.17) is 15.7 Å². The van der Waals surface area contributed by atoms with Crippen LogP contribution in [0.25, 0.3) is 10.8 Å². The maximum absolute atomic E-state index is 13.9. The number of pyridine rings is 2. The number of benzene rings is 1. The van der Waals surface area contributed by atoms with Crippen LogP contribution >= 0.6 is 0 Å². The Balaban J connectivity index is 2.02. The third kappa shape index (κ3) is 4.65. The van der Waals surface area contributed by atoms with Crippen molar-refractivity contribution in [3.05, 3.63) is 66.3 Å². The Morgan fingerprint density at radius 1 is 1.28 bits per heavy atom. The van der Waals surface area contributed by atoms with Gasteiger partial charge in [-0.3, -0.25) is 9.78 Å². The Kier molecular flexibility index (Phi) is 6.34. The summed E-state index contributed by atoms with van der Waals surface area (Å²) in [5, 5.41) is 12.4. The molecular formula is C21H15F3N6O2. The highest BCUT2D eigenvalue weighted by Gasteiger charge is 2.40. The summed E-state index contributed by atoms with van der Waals surface area (Å²) >= 11 is 0. The fourth-order valence-electron chi connectivity index (χ4n) is 2.81. The van der Waals surface area contributed by atoms with Crippen LogP contribution in [0.2, 0.25) is 0 Å². The number of hydrogen-bond donors (Lipinski definition) is 2. The van der Waals surface area contributed by atoms with Gasteiger partial charge in [-0.2, -0.15) is 18.4 Å². The quantitative estimate of drug-likeness (QED) is 0.461. The van der Waals surface area contributed by atoms with Gasteiger partial charge in [-0.05, 0) is 6.07 Å². The van der Waals surface area contributed by atoms with Crippen molar-refractivity contribution >= 4 is 33.8 Å². The van der Waals surface area contributed by atoms with Crippen molar-refractivity contribution in [2.75, 3.05) is 12.4 Å². The van der Waals surface area contributed by atoms with Gasteiger partial charge in [0.2, 0.25) is 5.88 Å². The highest BCUT2D eigenvalue weighted by molar-refractivity contribution is 6.27. The van der Waals surface area contributed by atoms with Gasteiger partial charge in [0, 0.05) is 23.2 Å². The van der Waals surface area contributed by atoms with E-state index in [9.17, 15) is 18.0 Å². The number of carbonyl (C=O) groups is 1. The molecule has 32 heavy (non-hydrogen) atoms. The lowest BCUT2D eigenvalue weighted by molar-refractivity contribution is -0.113.